The van der Waals surface area contributed by atoms with Crippen LogP contribution in [0.25, 0.3) is 0 Å². The highest BCUT2D eigenvalue weighted by molar-refractivity contribution is 6.30. The molecule has 1 aromatic carbocycles. The van der Waals surface area contributed by atoms with Crippen molar-refractivity contribution in [3.05, 3.63) is 34.9 Å². The van der Waals surface area contributed by atoms with E-state index in [-0.39, 0.29) is 11.9 Å². The van der Waals surface area contributed by atoms with Gasteiger partial charge in [0.15, 0.2) is 0 Å². The summed E-state index contributed by atoms with van der Waals surface area (Å²) >= 11 is 5.95. The molecule has 18 heavy (non-hydrogen) atoms. The largest absolute Gasteiger partial charge is 0.335 e. The van der Waals surface area contributed by atoms with Gasteiger partial charge in [0.05, 0.1) is 6.04 Å². The van der Waals surface area contributed by atoms with E-state index in [1.165, 1.54) is 0 Å². The average molecular weight is 269 g/mol. The molecular weight excluding hydrogens is 248 g/mol. The zero-order chi connectivity index (χ0) is 13.7. The molecule has 0 saturated carbocycles. The lowest BCUT2D eigenvalue weighted by atomic mass is 10.1. The van der Waals surface area contributed by atoms with Gasteiger partial charge in [-0.25, -0.2) is 0 Å². The summed E-state index contributed by atoms with van der Waals surface area (Å²) < 4.78 is 0. The van der Waals surface area contributed by atoms with Crippen molar-refractivity contribution < 1.29 is 4.79 Å². The van der Waals surface area contributed by atoms with Gasteiger partial charge in [-0.15, -0.1) is 0 Å². The van der Waals surface area contributed by atoms with E-state index < -0.39 is 6.04 Å². The molecule has 0 radical (unpaired) electrons. The van der Waals surface area contributed by atoms with E-state index in [1.54, 1.807) is 4.90 Å². The number of nitrogens with zero attached hydrogens (tertiary/aromatic N) is 1. The van der Waals surface area contributed by atoms with Crippen LogP contribution in [-0.2, 0) is 11.3 Å². The highest BCUT2D eigenvalue weighted by Crippen LogP contribution is 2.15. The standard InChI is InChI=1S/C14H21ClN2O/c1-4-13(16)14(18)17(10(2)3)9-11-6-5-7-12(15)8-11/h5-8,10,13H,4,9,16H2,1-3H3/t13-/m1/s1. The van der Waals surface area contributed by atoms with Gasteiger partial charge < -0.3 is 10.6 Å². The van der Waals surface area contributed by atoms with Crippen molar-refractivity contribution in [1.29, 1.82) is 0 Å². The molecule has 1 rings (SSSR count). The first kappa shape index (κ1) is 15.0. The Morgan fingerprint density at radius 1 is 1.44 bits per heavy atom. The van der Waals surface area contributed by atoms with Crippen molar-refractivity contribution in [1.82, 2.24) is 4.90 Å². The summed E-state index contributed by atoms with van der Waals surface area (Å²) in [4.78, 5) is 14.0. The number of halogens is 1. The Labute approximate surface area is 114 Å². The fourth-order valence-electron chi connectivity index (χ4n) is 1.73. The van der Waals surface area contributed by atoms with Crippen LogP contribution >= 0.6 is 11.6 Å². The van der Waals surface area contributed by atoms with E-state index in [0.29, 0.717) is 18.0 Å². The summed E-state index contributed by atoms with van der Waals surface area (Å²) in [7, 11) is 0. The van der Waals surface area contributed by atoms with Crippen LogP contribution in [0.3, 0.4) is 0 Å². The molecule has 0 aliphatic carbocycles. The predicted molar refractivity (Wildman–Crippen MR) is 75.4 cm³/mol. The smallest absolute Gasteiger partial charge is 0.240 e. The Kier molecular flexibility index (Phi) is 5.63. The first-order valence-electron chi connectivity index (χ1n) is 6.26. The Morgan fingerprint density at radius 3 is 2.61 bits per heavy atom. The Hall–Kier alpha value is -1.06. The number of carbonyl (C=O) groups is 1. The maximum Gasteiger partial charge on any atom is 0.240 e. The van der Waals surface area contributed by atoms with Crippen molar-refractivity contribution in [2.45, 2.75) is 45.8 Å². The van der Waals surface area contributed by atoms with Crippen molar-refractivity contribution in [2.24, 2.45) is 5.73 Å². The van der Waals surface area contributed by atoms with E-state index in [4.69, 9.17) is 17.3 Å². The summed E-state index contributed by atoms with van der Waals surface area (Å²) in [6, 6.07) is 7.25. The second kappa shape index (κ2) is 6.76. The molecular formula is C14H21ClN2O. The van der Waals surface area contributed by atoms with E-state index in [0.717, 1.165) is 5.56 Å². The van der Waals surface area contributed by atoms with Crippen LogP contribution in [0, 0.1) is 0 Å². The Balaban J connectivity index is 2.84. The number of rotatable bonds is 5. The minimum atomic E-state index is -0.424. The molecule has 1 amide bonds. The van der Waals surface area contributed by atoms with E-state index >= 15 is 0 Å². The maximum atomic E-state index is 12.2. The molecule has 0 heterocycles. The first-order chi connectivity index (χ1) is 8.45. The number of hydrogen-bond donors (Lipinski definition) is 1. The normalized spacial score (nSPS) is 12.6. The second-order valence-corrected chi connectivity index (χ2v) is 5.14. The molecule has 1 atom stereocenters. The van der Waals surface area contributed by atoms with Crippen molar-refractivity contribution >= 4 is 17.5 Å². The number of nitrogens with two attached hydrogens (primary N) is 1. The van der Waals surface area contributed by atoms with Crippen LogP contribution in [0.15, 0.2) is 24.3 Å². The SMILES string of the molecule is CC[C@@H](N)C(=O)N(Cc1cccc(Cl)c1)C(C)C. The molecule has 3 nitrogen and oxygen atoms in total. The predicted octanol–water partition coefficient (Wildman–Crippen LogP) is 2.81. The summed E-state index contributed by atoms with van der Waals surface area (Å²) in [5.74, 6) is -0.00697. The monoisotopic (exact) mass is 268 g/mol. The fourth-order valence-corrected chi connectivity index (χ4v) is 1.95. The molecule has 0 bridgehead atoms. The molecule has 100 valence electrons. The zero-order valence-corrected chi connectivity index (χ0v) is 11.9. The molecule has 0 spiro atoms. The van der Waals surface area contributed by atoms with E-state index in [9.17, 15) is 4.79 Å². The maximum absolute atomic E-state index is 12.2. The van der Waals surface area contributed by atoms with E-state index in [1.807, 2.05) is 45.0 Å². The quantitative estimate of drug-likeness (QED) is 0.893. The lowest BCUT2D eigenvalue weighted by molar-refractivity contribution is -0.135. The first-order valence-corrected chi connectivity index (χ1v) is 6.64. The summed E-state index contributed by atoms with van der Waals surface area (Å²) in [5.41, 5.74) is 6.84. The van der Waals surface area contributed by atoms with Crippen LogP contribution in [-0.4, -0.2) is 22.9 Å². The second-order valence-electron chi connectivity index (χ2n) is 4.70. The molecule has 0 aromatic heterocycles. The molecule has 1 aromatic rings. The van der Waals surface area contributed by atoms with Gasteiger partial charge in [0.2, 0.25) is 5.91 Å². The van der Waals surface area contributed by atoms with Gasteiger partial charge in [-0.3, -0.25) is 4.79 Å². The van der Waals surface area contributed by atoms with Crippen LogP contribution in [0.2, 0.25) is 5.02 Å². The fraction of sp³-hybridized carbons (Fsp3) is 0.500. The molecule has 0 aliphatic rings. The van der Waals surface area contributed by atoms with Gasteiger partial charge in [-0.1, -0.05) is 30.7 Å². The highest BCUT2D eigenvalue weighted by atomic mass is 35.5. The lowest BCUT2D eigenvalue weighted by Crippen LogP contribution is -2.46. The van der Waals surface area contributed by atoms with Crippen LogP contribution in [0.5, 0.6) is 0 Å². The van der Waals surface area contributed by atoms with Crippen molar-refractivity contribution in [2.75, 3.05) is 0 Å². The molecule has 4 heteroatoms. The summed E-state index contributed by atoms with van der Waals surface area (Å²) in [6.07, 6.45) is 0.650. The summed E-state index contributed by atoms with van der Waals surface area (Å²) in [6.45, 7) is 6.45. The highest BCUT2D eigenvalue weighted by Gasteiger charge is 2.22. The number of amides is 1. The average Bonchev–Trinajstić information content (AvgIpc) is 2.34. The Morgan fingerprint density at radius 2 is 2.11 bits per heavy atom. The minimum absolute atomic E-state index is 0.00697. The molecule has 0 aliphatic heterocycles. The van der Waals surface area contributed by atoms with Gasteiger partial charge in [-0.2, -0.15) is 0 Å². The Bertz CT molecular complexity index is 407. The third-order valence-corrected chi connectivity index (χ3v) is 3.14. The molecule has 0 fully saturated rings. The number of hydrogen-bond acceptors (Lipinski definition) is 2. The summed E-state index contributed by atoms with van der Waals surface area (Å²) in [5, 5.41) is 0.684. The van der Waals surface area contributed by atoms with Crippen LogP contribution in [0.1, 0.15) is 32.8 Å². The van der Waals surface area contributed by atoms with Gasteiger partial charge >= 0.3 is 0 Å². The third-order valence-electron chi connectivity index (χ3n) is 2.91. The van der Waals surface area contributed by atoms with Gasteiger partial charge in [-0.05, 0) is 38.0 Å². The topological polar surface area (TPSA) is 46.3 Å². The van der Waals surface area contributed by atoms with E-state index in [2.05, 4.69) is 0 Å². The molecule has 0 saturated heterocycles. The number of benzene rings is 1. The van der Waals surface area contributed by atoms with Crippen molar-refractivity contribution in [3.8, 4) is 0 Å². The molecule has 2 N–H and O–H groups in total. The van der Waals surface area contributed by atoms with Crippen LogP contribution in [0.4, 0.5) is 0 Å². The third kappa shape index (κ3) is 4.00. The lowest BCUT2D eigenvalue weighted by Gasteiger charge is -2.29. The molecule has 0 unspecified atom stereocenters. The van der Waals surface area contributed by atoms with Crippen molar-refractivity contribution in [3.63, 3.8) is 0 Å². The van der Waals surface area contributed by atoms with Crippen LogP contribution < -0.4 is 5.73 Å². The van der Waals surface area contributed by atoms with Gasteiger partial charge in [0.1, 0.15) is 0 Å². The van der Waals surface area contributed by atoms with Gasteiger partial charge in [0.25, 0.3) is 0 Å². The number of carbonyl (C=O) groups excluding carboxylic acids is 1. The minimum Gasteiger partial charge on any atom is -0.335 e. The zero-order valence-electron chi connectivity index (χ0n) is 11.2. The van der Waals surface area contributed by atoms with Gasteiger partial charge in [0, 0.05) is 17.6 Å².